The molecule has 0 unspecified atom stereocenters. The molecular weight excluding hydrogens is 276 g/mol. The molecule has 5 heteroatoms. The summed E-state index contributed by atoms with van der Waals surface area (Å²) < 4.78 is 2.11. The van der Waals surface area contributed by atoms with Crippen molar-refractivity contribution in [2.75, 3.05) is 0 Å². The smallest absolute Gasteiger partial charge is 0.223 e. The summed E-state index contributed by atoms with van der Waals surface area (Å²) >= 11 is 4.97. The van der Waals surface area contributed by atoms with Gasteiger partial charge in [-0.15, -0.1) is 11.3 Å². The Kier molecular flexibility index (Phi) is 1.90. The highest BCUT2D eigenvalue weighted by molar-refractivity contribution is 9.10. The second kappa shape index (κ2) is 3.15. The Labute approximate surface area is 97.5 Å². The Morgan fingerprint density at radius 1 is 1.27 bits per heavy atom. The summed E-state index contributed by atoms with van der Waals surface area (Å²) in [7, 11) is 0. The van der Waals surface area contributed by atoms with E-state index in [1.165, 1.54) is 6.33 Å². The Bertz CT molecular complexity index is 665. The summed E-state index contributed by atoms with van der Waals surface area (Å²) in [5.74, 6) is 0.0496. The SMILES string of the molecule is Oc1ncnc2sc3cc(Br)ccc3c12. The van der Waals surface area contributed by atoms with Gasteiger partial charge in [0.2, 0.25) is 5.88 Å². The lowest BCUT2D eigenvalue weighted by Gasteiger charge is -1.93. The maximum absolute atomic E-state index is 9.67. The van der Waals surface area contributed by atoms with Crippen LogP contribution in [0.25, 0.3) is 20.3 Å². The van der Waals surface area contributed by atoms with E-state index >= 15 is 0 Å². The molecule has 15 heavy (non-hydrogen) atoms. The third-order valence-corrected chi connectivity index (χ3v) is 3.77. The molecule has 0 fully saturated rings. The van der Waals surface area contributed by atoms with Crippen LogP contribution in [-0.4, -0.2) is 15.1 Å². The number of rotatable bonds is 0. The molecule has 0 spiro atoms. The molecule has 0 amide bonds. The molecular formula is C10H5BrN2OS. The first-order chi connectivity index (χ1) is 7.25. The summed E-state index contributed by atoms with van der Waals surface area (Å²) in [4.78, 5) is 8.75. The van der Waals surface area contributed by atoms with Crippen LogP contribution in [0.1, 0.15) is 0 Å². The minimum Gasteiger partial charge on any atom is -0.493 e. The van der Waals surface area contributed by atoms with E-state index in [9.17, 15) is 5.11 Å². The molecule has 3 aromatic rings. The number of hydrogen-bond acceptors (Lipinski definition) is 4. The maximum atomic E-state index is 9.67. The fourth-order valence-corrected chi connectivity index (χ4v) is 3.16. The van der Waals surface area contributed by atoms with Crippen molar-refractivity contribution in [2.24, 2.45) is 0 Å². The zero-order chi connectivity index (χ0) is 10.4. The van der Waals surface area contributed by atoms with Crippen LogP contribution < -0.4 is 0 Å². The van der Waals surface area contributed by atoms with E-state index in [0.29, 0.717) is 0 Å². The first-order valence-electron chi connectivity index (χ1n) is 4.27. The van der Waals surface area contributed by atoms with Gasteiger partial charge in [0.05, 0.1) is 5.39 Å². The highest BCUT2D eigenvalue weighted by atomic mass is 79.9. The molecule has 0 saturated heterocycles. The topological polar surface area (TPSA) is 46.0 Å². The number of aromatic hydroxyl groups is 1. The molecule has 1 N–H and O–H groups in total. The maximum Gasteiger partial charge on any atom is 0.223 e. The predicted octanol–water partition coefficient (Wildman–Crippen LogP) is 3.31. The van der Waals surface area contributed by atoms with Crippen LogP contribution in [0.3, 0.4) is 0 Å². The molecule has 3 nitrogen and oxygen atoms in total. The number of nitrogens with zero attached hydrogens (tertiary/aromatic N) is 2. The lowest BCUT2D eigenvalue weighted by Crippen LogP contribution is -1.77. The van der Waals surface area contributed by atoms with Crippen molar-refractivity contribution >= 4 is 47.6 Å². The number of thiophene rings is 1. The quantitative estimate of drug-likeness (QED) is 0.687. The van der Waals surface area contributed by atoms with Crippen molar-refractivity contribution < 1.29 is 5.11 Å². The molecule has 1 aromatic carbocycles. The third kappa shape index (κ3) is 1.31. The predicted molar refractivity (Wildman–Crippen MR) is 64.3 cm³/mol. The van der Waals surface area contributed by atoms with Gasteiger partial charge >= 0.3 is 0 Å². The fraction of sp³-hybridized carbons (Fsp3) is 0. The van der Waals surface area contributed by atoms with Crippen LogP contribution in [0.5, 0.6) is 5.88 Å². The van der Waals surface area contributed by atoms with Gasteiger partial charge in [-0.1, -0.05) is 22.0 Å². The summed E-state index contributed by atoms with van der Waals surface area (Å²) in [5.41, 5.74) is 0. The summed E-state index contributed by atoms with van der Waals surface area (Å²) in [6, 6.07) is 5.92. The van der Waals surface area contributed by atoms with E-state index in [2.05, 4.69) is 25.9 Å². The zero-order valence-corrected chi connectivity index (χ0v) is 9.84. The number of halogens is 1. The van der Waals surface area contributed by atoms with E-state index in [1.807, 2.05) is 18.2 Å². The molecule has 0 aliphatic rings. The normalized spacial score (nSPS) is 11.3. The van der Waals surface area contributed by atoms with Gasteiger partial charge in [-0.2, -0.15) is 0 Å². The summed E-state index contributed by atoms with van der Waals surface area (Å²) in [6.45, 7) is 0. The van der Waals surface area contributed by atoms with E-state index < -0.39 is 0 Å². The molecule has 0 aliphatic heterocycles. The number of benzene rings is 1. The molecule has 0 aliphatic carbocycles. The van der Waals surface area contributed by atoms with Gasteiger partial charge < -0.3 is 5.11 Å². The molecule has 0 saturated carbocycles. The first kappa shape index (κ1) is 9.06. The Hall–Kier alpha value is -1.20. The van der Waals surface area contributed by atoms with Gasteiger partial charge in [-0.3, -0.25) is 0 Å². The molecule has 0 atom stereocenters. The summed E-state index contributed by atoms with van der Waals surface area (Å²) in [5, 5.41) is 11.4. The van der Waals surface area contributed by atoms with Gasteiger partial charge in [0.25, 0.3) is 0 Å². The highest BCUT2D eigenvalue weighted by Crippen LogP contribution is 2.37. The number of hydrogen-bond donors (Lipinski definition) is 1. The van der Waals surface area contributed by atoms with Crippen LogP contribution >= 0.6 is 27.3 Å². The van der Waals surface area contributed by atoms with Crippen LogP contribution in [0.15, 0.2) is 29.0 Å². The van der Waals surface area contributed by atoms with E-state index in [4.69, 9.17) is 0 Å². The van der Waals surface area contributed by atoms with Crippen molar-refractivity contribution in [3.05, 3.63) is 29.0 Å². The van der Waals surface area contributed by atoms with Gasteiger partial charge in [0.15, 0.2) is 0 Å². The second-order valence-corrected chi connectivity index (χ2v) is 5.07. The van der Waals surface area contributed by atoms with E-state index in [-0.39, 0.29) is 5.88 Å². The van der Waals surface area contributed by atoms with E-state index in [0.717, 1.165) is 24.8 Å². The van der Waals surface area contributed by atoms with Crippen molar-refractivity contribution in [3.8, 4) is 5.88 Å². The third-order valence-electron chi connectivity index (χ3n) is 2.21. The lowest BCUT2D eigenvalue weighted by atomic mass is 10.2. The first-order valence-corrected chi connectivity index (χ1v) is 5.88. The number of fused-ring (bicyclic) bond motifs is 3. The van der Waals surface area contributed by atoms with Crippen LogP contribution in [-0.2, 0) is 0 Å². The van der Waals surface area contributed by atoms with Crippen LogP contribution in [0.4, 0.5) is 0 Å². The molecule has 2 heterocycles. The van der Waals surface area contributed by atoms with Crippen LogP contribution in [0, 0.1) is 0 Å². The highest BCUT2D eigenvalue weighted by Gasteiger charge is 2.10. The zero-order valence-electron chi connectivity index (χ0n) is 7.44. The van der Waals surface area contributed by atoms with Gasteiger partial charge in [0.1, 0.15) is 11.2 Å². The monoisotopic (exact) mass is 280 g/mol. The molecule has 74 valence electrons. The van der Waals surface area contributed by atoms with Crippen molar-refractivity contribution in [3.63, 3.8) is 0 Å². The van der Waals surface area contributed by atoms with E-state index in [1.54, 1.807) is 11.3 Å². The average molecular weight is 281 g/mol. The van der Waals surface area contributed by atoms with Crippen LogP contribution in [0.2, 0.25) is 0 Å². The lowest BCUT2D eigenvalue weighted by molar-refractivity contribution is 0.460. The van der Waals surface area contributed by atoms with Gasteiger partial charge in [0, 0.05) is 14.6 Å². The fourth-order valence-electron chi connectivity index (χ4n) is 1.57. The minimum atomic E-state index is 0.0496. The molecule has 0 radical (unpaired) electrons. The Morgan fingerprint density at radius 2 is 2.13 bits per heavy atom. The standard InChI is InChI=1S/C10H5BrN2OS/c11-5-1-2-6-7(3-5)15-10-8(6)9(14)12-4-13-10/h1-4H,(H,12,13,14). The molecule has 2 aromatic heterocycles. The summed E-state index contributed by atoms with van der Waals surface area (Å²) in [6.07, 6.45) is 1.38. The average Bonchev–Trinajstić information content (AvgIpc) is 2.56. The second-order valence-electron chi connectivity index (χ2n) is 3.12. The van der Waals surface area contributed by atoms with Crippen molar-refractivity contribution in [1.82, 2.24) is 9.97 Å². The van der Waals surface area contributed by atoms with Gasteiger partial charge in [-0.25, -0.2) is 9.97 Å². The number of aromatic nitrogens is 2. The van der Waals surface area contributed by atoms with Gasteiger partial charge in [-0.05, 0) is 12.1 Å². The molecule has 3 rings (SSSR count). The van der Waals surface area contributed by atoms with Crippen molar-refractivity contribution in [1.29, 1.82) is 0 Å². The largest absolute Gasteiger partial charge is 0.493 e. The molecule has 0 bridgehead atoms. The Balaban J connectivity index is 2.59. The minimum absolute atomic E-state index is 0.0496. The van der Waals surface area contributed by atoms with Crippen molar-refractivity contribution in [2.45, 2.75) is 0 Å². The Morgan fingerprint density at radius 3 is 3.00 bits per heavy atom.